The highest BCUT2D eigenvalue weighted by Gasteiger charge is 2.27. The third-order valence-corrected chi connectivity index (χ3v) is 6.77. The highest BCUT2D eigenvalue weighted by molar-refractivity contribution is 5.98. The molecule has 212 valence electrons. The van der Waals surface area contributed by atoms with Gasteiger partial charge in [-0.15, -0.1) is 0 Å². The molecule has 1 aliphatic rings. The zero-order valence-electron chi connectivity index (χ0n) is 24.7. The van der Waals surface area contributed by atoms with E-state index in [1.54, 1.807) is 27.3 Å². The molecule has 0 aliphatic carbocycles. The largest absolute Gasteiger partial charge is 0.497 e. The Hall–Kier alpha value is -4.27. The average molecular weight is 546 g/mol. The van der Waals surface area contributed by atoms with Gasteiger partial charge in [-0.05, 0) is 45.0 Å². The van der Waals surface area contributed by atoms with E-state index in [0.717, 1.165) is 16.7 Å². The Kier molecular flexibility index (Phi) is 8.23. The van der Waals surface area contributed by atoms with Crippen molar-refractivity contribution in [2.24, 2.45) is 7.05 Å². The van der Waals surface area contributed by atoms with Gasteiger partial charge in [0, 0.05) is 61.2 Å². The van der Waals surface area contributed by atoms with Crippen molar-refractivity contribution in [3.05, 3.63) is 70.3 Å². The summed E-state index contributed by atoms with van der Waals surface area (Å²) in [6, 6.07) is 13.1. The van der Waals surface area contributed by atoms with Crippen molar-refractivity contribution < 1.29 is 14.3 Å². The van der Waals surface area contributed by atoms with Crippen LogP contribution in [0.1, 0.15) is 50.7 Å². The van der Waals surface area contributed by atoms with Crippen molar-refractivity contribution >= 4 is 22.8 Å². The van der Waals surface area contributed by atoms with Crippen LogP contribution in [0.4, 0.5) is 5.95 Å². The van der Waals surface area contributed by atoms with Gasteiger partial charge >= 0.3 is 0 Å². The third-order valence-electron chi connectivity index (χ3n) is 6.77. The second-order valence-corrected chi connectivity index (χ2v) is 10.6. The number of anilines is 1. The minimum Gasteiger partial charge on any atom is -0.497 e. The smallest absolute Gasteiger partial charge is 0.270 e. The van der Waals surface area contributed by atoms with E-state index in [4.69, 9.17) is 14.5 Å². The van der Waals surface area contributed by atoms with Crippen LogP contribution in [0.5, 0.6) is 11.5 Å². The molecule has 0 saturated carbocycles. The van der Waals surface area contributed by atoms with Gasteiger partial charge < -0.3 is 24.3 Å². The van der Waals surface area contributed by atoms with Gasteiger partial charge in [-0.25, -0.2) is 4.98 Å². The molecule has 0 bridgehead atoms. The molecule has 0 fully saturated rings. The minimum absolute atomic E-state index is 0.0560. The van der Waals surface area contributed by atoms with E-state index in [0.29, 0.717) is 53.7 Å². The van der Waals surface area contributed by atoms with Crippen molar-refractivity contribution in [1.82, 2.24) is 19.0 Å². The second kappa shape index (κ2) is 11.5. The molecule has 1 amide bonds. The predicted molar refractivity (Wildman–Crippen MR) is 159 cm³/mol. The number of nitrogens with zero attached hydrogens (tertiary/aromatic N) is 4. The number of methoxy groups -OCH3 is 2. The number of carbonyl (C=O) groups is 1. The first-order chi connectivity index (χ1) is 19.1. The molecule has 0 saturated heterocycles. The maximum Gasteiger partial charge on any atom is 0.270 e. The number of hydrogen-bond acceptors (Lipinski definition) is 6. The number of benzene rings is 2. The normalized spacial score (nSPS) is 13.0. The predicted octanol–water partition coefficient (Wildman–Crippen LogP) is 5.31. The summed E-state index contributed by atoms with van der Waals surface area (Å²) >= 11 is 0. The molecule has 40 heavy (non-hydrogen) atoms. The fraction of sp³-hybridized carbons (Fsp3) is 0.387. The quantitative estimate of drug-likeness (QED) is 0.353. The average Bonchev–Trinajstić information content (AvgIpc) is 3.38. The Labute approximate surface area is 235 Å². The van der Waals surface area contributed by atoms with Gasteiger partial charge in [0.05, 0.1) is 25.1 Å². The fourth-order valence-corrected chi connectivity index (χ4v) is 4.83. The lowest BCUT2D eigenvalue weighted by Gasteiger charge is -2.29. The van der Waals surface area contributed by atoms with Crippen molar-refractivity contribution in [2.45, 2.75) is 53.2 Å². The number of hydrogen-bond donors (Lipinski definition) is 1. The van der Waals surface area contributed by atoms with E-state index < -0.39 is 0 Å². The number of nitrogens with one attached hydrogen (secondary N) is 1. The van der Waals surface area contributed by atoms with Gasteiger partial charge in [0.1, 0.15) is 17.2 Å². The first-order valence-electron chi connectivity index (χ1n) is 13.6. The van der Waals surface area contributed by atoms with Crippen molar-refractivity contribution in [3.8, 4) is 22.6 Å². The number of rotatable bonds is 6. The Bertz CT molecular complexity index is 1600. The lowest BCUT2D eigenvalue weighted by atomic mass is 10.0. The van der Waals surface area contributed by atoms with E-state index in [2.05, 4.69) is 5.32 Å². The maximum absolute atomic E-state index is 13.5. The van der Waals surface area contributed by atoms with Crippen LogP contribution < -0.4 is 20.3 Å². The number of fused-ring (bicyclic) bond motifs is 2. The SMILES string of the molecule is CC.COc1ccc(CN2CCn3cc(-c4cccc5c(=O)n(C)c(NC(C)(C)C)nc45)cc3C2=O)c(OC)c1. The zero-order chi connectivity index (χ0) is 29.2. The van der Waals surface area contributed by atoms with E-state index in [1.165, 1.54) is 4.57 Å². The molecule has 3 heterocycles. The Balaban J connectivity index is 0.00000181. The molecule has 1 aliphatic heterocycles. The number of ether oxygens (including phenoxy) is 2. The Morgan fingerprint density at radius 3 is 2.42 bits per heavy atom. The number of para-hydroxylation sites is 1. The van der Waals surface area contributed by atoms with Crippen LogP contribution in [0.3, 0.4) is 0 Å². The molecule has 5 rings (SSSR count). The summed E-state index contributed by atoms with van der Waals surface area (Å²) in [7, 11) is 4.94. The number of carbonyl (C=O) groups excluding carboxylic acids is 1. The van der Waals surface area contributed by atoms with Crippen LogP contribution >= 0.6 is 0 Å². The summed E-state index contributed by atoms with van der Waals surface area (Å²) < 4.78 is 14.3. The maximum atomic E-state index is 13.5. The summed E-state index contributed by atoms with van der Waals surface area (Å²) in [6.07, 6.45) is 1.98. The molecule has 0 spiro atoms. The monoisotopic (exact) mass is 545 g/mol. The van der Waals surface area contributed by atoms with E-state index in [9.17, 15) is 9.59 Å². The molecule has 9 nitrogen and oxygen atoms in total. The zero-order valence-corrected chi connectivity index (χ0v) is 24.7. The fourth-order valence-electron chi connectivity index (χ4n) is 4.83. The van der Waals surface area contributed by atoms with Crippen molar-refractivity contribution in [3.63, 3.8) is 0 Å². The first-order valence-corrected chi connectivity index (χ1v) is 13.6. The van der Waals surface area contributed by atoms with E-state index in [1.807, 2.05) is 86.7 Å². The molecule has 2 aromatic heterocycles. The van der Waals surface area contributed by atoms with Crippen molar-refractivity contribution in [1.29, 1.82) is 0 Å². The summed E-state index contributed by atoms with van der Waals surface area (Å²) in [5, 5.41) is 3.87. The summed E-state index contributed by atoms with van der Waals surface area (Å²) in [5.41, 5.74) is 3.40. The van der Waals surface area contributed by atoms with Gasteiger partial charge in [0.2, 0.25) is 5.95 Å². The van der Waals surface area contributed by atoms with Crippen molar-refractivity contribution in [2.75, 3.05) is 26.1 Å². The standard InChI is InChI=1S/C29H33N5O4.C2H6/c1-29(2,3)31-28-30-25-21(8-7-9-22(25)26(35)32(28)4)19-14-23-27(36)34(13-12-33(23)17-19)16-18-10-11-20(37-5)15-24(18)38-6;1-2/h7-11,14-15,17H,12-13,16H2,1-6H3,(H,30,31);1-2H3. The summed E-state index contributed by atoms with van der Waals surface area (Å²) in [5.74, 6) is 1.83. The molecule has 0 unspecified atom stereocenters. The van der Waals surface area contributed by atoms with Crippen LogP contribution in [0, 0.1) is 0 Å². The van der Waals surface area contributed by atoms with Gasteiger partial charge in [0.15, 0.2) is 0 Å². The molecular weight excluding hydrogens is 506 g/mol. The van der Waals surface area contributed by atoms with E-state index >= 15 is 0 Å². The van der Waals surface area contributed by atoms with Gasteiger partial charge in [-0.2, -0.15) is 0 Å². The first kappa shape index (κ1) is 28.7. The second-order valence-electron chi connectivity index (χ2n) is 10.6. The molecule has 4 aromatic rings. The van der Waals surface area contributed by atoms with Crippen LogP contribution in [-0.4, -0.2) is 51.2 Å². The van der Waals surface area contributed by atoms with Gasteiger partial charge in [0.25, 0.3) is 11.5 Å². The summed E-state index contributed by atoms with van der Waals surface area (Å²) in [6.45, 7) is 11.7. The molecular formula is C31H39N5O4. The highest BCUT2D eigenvalue weighted by Crippen LogP contribution is 2.32. The van der Waals surface area contributed by atoms with Gasteiger partial charge in [-0.3, -0.25) is 14.2 Å². The molecule has 9 heteroatoms. The van der Waals surface area contributed by atoms with Crippen LogP contribution in [-0.2, 0) is 20.1 Å². The van der Waals surface area contributed by atoms with E-state index in [-0.39, 0.29) is 17.0 Å². The Morgan fingerprint density at radius 2 is 1.75 bits per heavy atom. The molecule has 0 radical (unpaired) electrons. The molecule has 2 aromatic carbocycles. The van der Waals surface area contributed by atoms with Crippen LogP contribution in [0.25, 0.3) is 22.0 Å². The minimum atomic E-state index is -0.266. The summed E-state index contributed by atoms with van der Waals surface area (Å²) in [4.78, 5) is 33.4. The molecule has 0 atom stereocenters. The Morgan fingerprint density at radius 1 is 1.00 bits per heavy atom. The lowest BCUT2D eigenvalue weighted by molar-refractivity contribution is 0.0690. The molecule has 1 N–H and O–H groups in total. The van der Waals surface area contributed by atoms with Gasteiger partial charge in [-0.1, -0.05) is 26.0 Å². The third kappa shape index (κ3) is 5.54. The topological polar surface area (TPSA) is 90.6 Å². The lowest BCUT2D eigenvalue weighted by Crippen LogP contribution is -2.39. The number of aromatic nitrogens is 3. The van der Waals surface area contributed by atoms with Crippen LogP contribution in [0.2, 0.25) is 0 Å². The number of amides is 1. The highest BCUT2D eigenvalue weighted by atomic mass is 16.5. The van der Waals surface area contributed by atoms with Crippen LogP contribution in [0.15, 0.2) is 53.5 Å².